The number of methoxy groups -OCH3 is 2. The van der Waals surface area contributed by atoms with Crippen LogP contribution in [0.4, 0.5) is 0 Å². The molecule has 0 spiro atoms. The standard InChI is InChI=1S/C22H22O6/c1-4-12-27-15-8-5-14(6-9-15)7-10-17(23)18-19(24)22(26-3)21-16(11-13-28-21)20(18)25-2/h5-11,13,24H,4,12H2,1-3H3. The van der Waals surface area contributed by atoms with Gasteiger partial charge in [0, 0.05) is 0 Å². The van der Waals surface area contributed by atoms with Crippen LogP contribution in [-0.4, -0.2) is 31.7 Å². The van der Waals surface area contributed by atoms with Gasteiger partial charge in [0.2, 0.25) is 5.75 Å². The number of aromatic hydroxyl groups is 1. The molecule has 1 heterocycles. The first-order valence-corrected chi connectivity index (χ1v) is 8.90. The molecule has 6 heteroatoms. The first-order chi connectivity index (χ1) is 13.6. The Bertz CT molecular complexity index is 998. The highest BCUT2D eigenvalue weighted by Gasteiger charge is 2.26. The molecule has 6 nitrogen and oxygen atoms in total. The van der Waals surface area contributed by atoms with Crippen molar-refractivity contribution in [1.82, 2.24) is 0 Å². The summed E-state index contributed by atoms with van der Waals surface area (Å²) in [7, 11) is 2.83. The Morgan fingerprint density at radius 1 is 1.11 bits per heavy atom. The van der Waals surface area contributed by atoms with Gasteiger partial charge in [-0.1, -0.05) is 25.1 Å². The molecule has 0 aliphatic carbocycles. The second-order valence-electron chi connectivity index (χ2n) is 6.07. The molecule has 28 heavy (non-hydrogen) atoms. The van der Waals surface area contributed by atoms with E-state index in [1.807, 2.05) is 31.2 Å². The minimum absolute atomic E-state index is 0.0207. The predicted octanol–water partition coefficient (Wildman–Crippen LogP) is 4.84. The number of carbonyl (C=O) groups is 1. The normalized spacial score (nSPS) is 11.1. The third-order valence-electron chi connectivity index (χ3n) is 4.23. The van der Waals surface area contributed by atoms with E-state index >= 15 is 0 Å². The number of rotatable bonds is 8. The summed E-state index contributed by atoms with van der Waals surface area (Å²) in [6.45, 7) is 2.70. The molecular weight excluding hydrogens is 360 g/mol. The first kappa shape index (κ1) is 19.4. The van der Waals surface area contributed by atoms with Crippen molar-refractivity contribution in [3.63, 3.8) is 0 Å². The number of fused-ring (bicyclic) bond motifs is 1. The molecule has 0 bridgehead atoms. The van der Waals surface area contributed by atoms with Gasteiger partial charge in [-0.3, -0.25) is 4.79 Å². The number of allylic oxidation sites excluding steroid dienone is 1. The number of ketones is 1. The number of hydrogen-bond acceptors (Lipinski definition) is 6. The Labute approximate surface area is 162 Å². The smallest absolute Gasteiger partial charge is 0.205 e. The highest BCUT2D eigenvalue weighted by Crippen LogP contribution is 2.45. The average Bonchev–Trinajstić information content (AvgIpc) is 3.19. The Balaban J connectivity index is 1.93. The van der Waals surface area contributed by atoms with Crippen molar-refractivity contribution >= 4 is 22.8 Å². The van der Waals surface area contributed by atoms with Gasteiger partial charge >= 0.3 is 0 Å². The molecule has 0 atom stereocenters. The predicted molar refractivity (Wildman–Crippen MR) is 107 cm³/mol. The Kier molecular flexibility index (Phi) is 5.89. The average molecular weight is 382 g/mol. The van der Waals surface area contributed by atoms with Gasteiger partial charge < -0.3 is 23.7 Å². The second-order valence-corrected chi connectivity index (χ2v) is 6.07. The van der Waals surface area contributed by atoms with Crippen LogP contribution in [0.1, 0.15) is 29.3 Å². The van der Waals surface area contributed by atoms with Crippen LogP contribution < -0.4 is 14.2 Å². The van der Waals surface area contributed by atoms with Crippen molar-refractivity contribution in [2.45, 2.75) is 13.3 Å². The minimum Gasteiger partial charge on any atom is -0.504 e. The number of carbonyl (C=O) groups excluding carboxylic acids is 1. The minimum atomic E-state index is -0.415. The molecule has 2 aromatic carbocycles. The second kappa shape index (κ2) is 8.52. The van der Waals surface area contributed by atoms with Crippen LogP contribution in [0.2, 0.25) is 0 Å². The molecule has 3 rings (SSSR count). The van der Waals surface area contributed by atoms with Crippen molar-refractivity contribution in [2.24, 2.45) is 0 Å². The molecule has 0 aliphatic heterocycles. The lowest BCUT2D eigenvalue weighted by Crippen LogP contribution is -2.02. The Morgan fingerprint density at radius 2 is 1.82 bits per heavy atom. The van der Waals surface area contributed by atoms with Crippen molar-refractivity contribution in [2.75, 3.05) is 20.8 Å². The van der Waals surface area contributed by atoms with Crippen LogP contribution in [0.3, 0.4) is 0 Å². The number of hydrogen-bond donors (Lipinski definition) is 1. The van der Waals surface area contributed by atoms with E-state index in [0.717, 1.165) is 17.7 Å². The largest absolute Gasteiger partial charge is 0.504 e. The monoisotopic (exact) mass is 382 g/mol. The van der Waals surface area contributed by atoms with Gasteiger partial charge in [-0.25, -0.2) is 0 Å². The van der Waals surface area contributed by atoms with E-state index in [0.29, 0.717) is 17.6 Å². The van der Waals surface area contributed by atoms with Crippen molar-refractivity contribution in [3.8, 4) is 23.0 Å². The van der Waals surface area contributed by atoms with E-state index in [9.17, 15) is 9.90 Å². The molecule has 0 amide bonds. The highest BCUT2D eigenvalue weighted by atomic mass is 16.5. The van der Waals surface area contributed by atoms with Crippen LogP contribution >= 0.6 is 0 Å². The Hall–Kier alpha value is -3.41. The summed E-state index contributed by atoms with van der Waals surface area (Å²) in [6, 6.07) is 9.06. The molecule has 0 unspecified atom stereocenters. The summed E-state index contributed by atoms with van der Waals surface area (Å²) in [5.74, 6) is 0.372. The van der Waals surface area contributed by atoms with E-state index < -0.39 is 5.78 Å². The fourth-order valence-electron chi connectivity index (χ4n) is 2.91. The maximum absolute atomic E-state index is 12.8. The van der Waals surface area contributed by atoms with Crippen molar-refractivity contribution < 1.29 is 28.5 Å². The van der Waals surface area contributed by atoms with Crippen LogP contribution in [0.5, 0.6) is 23.0 Å². The van der Waals surface area contributed by atoms with Crippen LogP contribution in [0, 0.1) is 0 Å². The van der Waals surface area contributed by atoms with E-state index in [1.54, 1.807) is 12.1 Å². The lowest BCUT2D eigenvalue weighted by atomic mass is 10.0. The summed E-state index contributed by atoms with van der Waals surface area (Å²) >= 11 is 0. The molecule has 0 saturated heterocycles. The highest BCUT2D eigenvalue weighted by molar-refractivity contribution is 6.15. The topological polar surface area (TPSA) is 78.1 Å². The fraction of sp³-hybridized carbons (Fsp3) is 0.227. The van der Waals surface area contributed by atoms with E-state index in [2.05, 4.69) is 0 Å². The number of benzene rings is 2. The lowest BCUT2D eigenvalue weighted by molar-refractivity contribution is 0.104. The van der Waals surface area contributed by atoms with Crippen LogP contribution in [0.25, 0.3) is 17.0 Å². The third-order valence-corrected chi connectivity index (χ3v) is 4.23. The van der Waals surface area contributed by atoms with Crippen LogP contribution in [0.15, 0.2) is 47.1 Å². The number of phenolic OH excluding ortho intramolecular Hbond substituents is 1. The van der Waals surface area contributed by atoms with Gasteiger partial charge in [0.25, 0.3) is 0 Å². The lowest BCUT2D eigenvalue weighted by Gasteiger charge is -2.13. The number of furan rings is 1. The van der Waals surface area contributed by atoms with E-state index in [1.165, 1.54) is 26.6 Å². The molecule has 0 aliphatic rings. The Morgan fingerprint density at radius 3 is 2.46 bits per heavy atom. The molecule has 146 valence electrons. The van der Waals surface area contributed by atoms with Crippen molar-refractivity contribution in [1.29, 1.82) is 0 Å². The molecule has 1 N–H and O–H groups in total. The first-order valence-electron chi connectivity index (χ1n) is 8.90. The van der Waals surface area contributed by atoms with E-state index in [-0.39, 0.29) is 22.8 Å². The molecule has 1 aromatic heterocycles. The van der Waals surface area contributed by atoms with Gasteiger partial charge in [0.05, 0.1) is 32.5 Å². The molecule has 0 radical (unpaired) electrons. The quantitative estimate of drug-likeness (QED) is 0.444. The fourth-order valence-corrected chi connectivity index (χ4v) is 2.91. The van der Waals surface area contributed by atoms with Gasteiger partial charge in [0.15, 0.2) is 17.1 Å². The zero-order chi connectivity index (χ0) is 20.1. The maximum atomic E-state index is 12.8. The van der Waals surface area contributed by atoms with Gasteiger partial charge in [-0.05, 0) is 36.3 Å². The van der Waals surface area contributed by atoms with Crippen LogP contribution in [-0.2, 0) is 0 Å². The summed E-state index contributed by atoms with van der Waals surface area (Å²) in [5, 5.41) is 11.1. The molecule has 3 aromatic rings. The number of ether oxygens (including phenoxy) is 3. The molecule has 0 fully saturated rings. The maximum Gasteiger partial charge on any atom is 0.205 e. The van der Waals surface area contributed by atoms with Crippen molar-refractivity contribution in [3.05, 3.63) is 53.8 Å². The summed E-state index contributed by atoms with van der Waals surface area (Å²) in [4.78, 5) is 12.8. The van der Waals surface area contributed by atoms with Gasteiger partial charge in [0.1, 0.15) is 17.1 Å². The SMILES string of the molecule is CCCOc1ccc(C=CC(=O)c2c(O)c(OC)c3occc3c2OC)cc1. The van der Waals surface area contributed by atoms with Gasteiger partial charge in [-0.15, -0.1) is 0 Å². The summed E-state index contributed by atoms with van der Waals surface area (Å²) in [6.07, 6.45) is 5.43. The molecular formula is C22H22O6. The third kappa shape index (κ3) is 3.67. The zero-order valence-electron chi connectivity index (χ0n) is 16.0. The number of phenols is 1. The summed E-state index contributed by atoms with van der Waals surface area (Å²) in [5.41, 5.74) is 1.17. The van der Waals surface area contributed by atoms with Gasteiger partial charge in [-0.2, -0.15) is 0 Å². The van der Waals surface area contributed by atoms with E-state index in [4.69, 9.17) is 18.6 Å². The summed E-state index contributed by atoms with van der Waals surface area (Å²) < 4.78 is 21.5. The molecule has 0 saturated carbocycles. The zero-order valence-corrected chi connectivity index (χ0v) is 16.0.